The van der Waals surface area contributed by atoms with Gasteiger partial charge in [-0.15, -0.1) is 0 Å². The molecule has 1 amide bonds. The summed E-state index contributed by atoms with van der Waals surface area (Å²) < 4.78 is 10.6. The van der Waals surface area contributed by atoms with E-state index in [0.29, 0.717) is 17.9 Å². The minimum Gasteiger partial charge on any atom is -0.497 e. The van der Waals surface area contributed by atoms with E-state index >= 15 is 0 Å². The van der Waals surface area contributed by atoms with Crippen LogP contribution in [0.2, 0.25) is 0 Å². The summed E-state index contributed by atoms with van der Waals surface area (Å²) in [5.74, 6) is 1.32. The molecule has 0 aliphatic rings. The minimum absolute atomic E-state index is 0.162. The summed E-state index contributed by atoms with van der Waals surface area (Å²) in [4.78, 5) is 12.1. The molecule has 0 unspecified atom stereocenters. The van der Waals surface area contributed by atoms with Crippen molar-refractivity contribution in [2.24, 2.45) is 0 Å². The van der Waals surface area contributed by atoms with Crippen LogP contribution in [0.4, 0.5) is 5.69 Å². The van der Waals surface area contributed by atoms with Crippen LogP contribution in [0.5, 0.6) is 11.5 Å². The van der Waals surface area contributed by atoms with Gasteiger partial charge in [-0.2, -0.15) is 0 Å². The molecule has 2 aromatic carbocycles. The second-order valence-electron chi connectivity index (χ2n) is 4.56. The summed E-state index contributed by atoms with van der Waals surface area (Å²) in [6.45, 7) is 2.71. The van der Waals surface area contributed by atoms with Crippen LogP contribution in [0.3, 0.4) is 0 Å². The third kappa shape index (κ3) is 4.24. The highest BCUT2D eigenvalue weighted by Crippen LogP contribution is 2.19. The van der Waals surface area contributed by atoms with Crippen molar-refractivity contribution >= 4 is 11.6 Å². The molecule has 110 valence electrons. The molecular formula is C17H19NO3. The van der Waals surface area contributed by atoms with Gasteiger partial charge in [0.1, 0.15) is 11.5 Å². The van der Waals surface area contributed by atoms with Gasteiger partial charge in [0.25, 0.3) is 5.91 Å². The second kappa shape index (κ2) is 7.33. The lowest BCUT2D eigenvalue weighted by Gasteiger charge is -2.09. The average molecular weight is 285 g/mol. The predicted octanol–water partition coefficient (Wildman–Crippen LogP) is 3.74. The lowest BCUT2D eigenvalue weighted by Crippen LogP contribution is -2.11. The van der Waals surface area contributed by atoms with Crippen molar-refractivity contribution in [3.8, 4) is 11.5 Å². The maximum absolute atomic E-state index is 12.1. The maximum Gasteiger partial charge on any atom is 0.255 e. The molecule has 4 nitrogen and oxygen atoms in total. The fourth-order valence-corrected chi connectivity index (χ4v) is 1.83. The number of anilines is 1. The predicted molar refractivity (Wildman–Crippen MR) is 83.2 cm³/mol. The molecule has 0 radical (unpaired) electrons. The number of rotatable bonds is 6. The van der Waals surface area contributed by atoms with E-state index in [1.54, 1.807) is 31.4 Å². The third-order valence-corrected chi connectivity index (χ3v) is 2.92. The average Bonchev–Trinajstić information content (AvgIpc) is 2.53. The summed E-state index contributed by atoms with van der Waals surface area (Å²) in [5.41, 5.74) is 1.29. The molecule has 0 bridgehead atoms. The maximum atomic E-state index is 12.1. The number of nitrogens with one attached hydrogen (secondary N) is 1. The molecule has 0 fully saturated rings. The molecule has 4 heteroatoms. The normalized spacial score (nSPS) is 10.0. The van der Waals surface area contributed by atoms with Gasteiger partial charge in [0.2, 0.25) is 0 Å². The highest BCUT2D eigenvalue weighted by atomic mass is 16.5. The van der Waals surface area contributed by atoms with E-state index in [1.165, 1.54) is 0 Å². The number of ether oxygens (including phenoxy) is 2. The van der Waals surface area contributed by atoms with E-state index in [-0.39, 0.29) is 5.91 Å². The van der Waals surface area contributed by atoms with E-state index in [9.17, 15) is 4.79 Å². The van der Waals surface area contributed by atoms with Gasteiger partial charge in [-0.25, -0.2) is 0 Å². The first-order chi connectivity index (χ1) is 10.2. The molecule has 2 aromatic rings. The number of carbonyl (C=O) groups is 1. The molecular weight excluding hydrogens is 266 g/mol. The molecule has 2 rings (SSSR count). The van der Waals surface area contributed by atoms with Gasteiger partial charge in [0.15, 0.2) is 0 Å². The van der Waals surface area contributed by atoms with Crippen molar-refractivity contribution in [1.29, 1.82) is 0 Å². The van der Waals surface area contributed by atoms with Gasteiger partial charge in [0.05, 0.1) is 13.7 Å². The number of amides is 1. The van der Waals surface area contributed by atoms with Crippen molar-refractivity contribution in [1.82, 2.24) is 0 Å². The van der Waals surface area contributed by atoms with E-state index in [0.717, 1.165) is 17.9 Å². The smallest absolute Gasteiger partial charge is 0.255 e. The van der Waals surface area contributed by atoms with Crippen molar-refractivity contribution in [2.45, 2.75) is 13.3 Å². The van der Waals surface area contributed by atoms with Gasteiger partial charge in [-0.1, -0.05) is 13.0 Å². The van der Waals surface area contributed by atoms with Crippen molar-refractivity contribution in [3.63, 3.8) is 0 Å². The number of carbonyl (C=O) groups excluding carboxylic acids is 1. The molecule has 0 heterocycles. The monoisotopic (exact) mass is 285 g/mol. The standard InChI is InChI=1S/C17H19NO3/c1-3-11-21-16-6-4-5-14(12-16)18-17(19)13-7-9-15(20-2)10-8-13/h4-10,12H,3,11H2,1-2H3,(H,18,19). The summed E-state index contributed by atoms with van der Waals surface area (Å²) in [6.07, 6.45) is 0.947. The van der Waals surface area contributed by atoms with Gasteiger partial charge in [-0.05, 0) is 42.8 Å². The van der Waals surface area contributed by atoms with Crippen LogP contribution in [0.15, 0.2) is 48.5 Å². The van der Waals surface area contributed by atoms with Crippen LogP contribution in [0.1, 0.15) is 23.7 Å². The molecule has 0 aliphatic carbocycles. The zero-order valence-electron chi connectivity index (χ0n) is 12.3. The molecule has 1 N–H and O–H groups in total. The van der Waals surface area contributed by atoms with Gasteiger partial charge in [0, 0.05) is 17.3 Å². The zero-order valence-corrected chi connectivity index (χ0v) is 12.3. The van der Waals surface area contributed by atoms with E-state index in [1.807, 2.05) is 24.3 Å². The van der Waals surface area contributed by atoms with Crippen LogP contribution in [0.25, 0.3) is 0 Å². The minimum atomic E-state index is -0.162. The topological polar surface area (TPSA) is 47.6 Å². The van der Waals surface area contributed by atoms with Crippen molar-refractivity contribution in [2.75, 3.05) is 19.0 Å². The van der Waals surface area contributed by atoms with Crippen LogP contribution >= 0.6 is 0 Å². The molecule has 0 atom stereocenters. The van der Waals surface area contributed by atoms with E-state index < -0.39 is 0 Å². The lowest BCUT2D eigenvalue weighted by atomic mass is 10.2. The molecule has 0 aromatic heterocycles. The Kier molecular flexibility index (Phi) is 5.21. The fourth-order valence-electron chi connectivity index (χ4n) is 1.83. The van der Waals surface area contributed by atoms with E-state index in [4.69, 9.17) is 9.47 Å². The Hall–Kier alpha value is -2.49. The van der Waals surface area contributed by atoms with Crippen molar-refractivity contribution in [3.05, 3.63) is 54.1 Å². The molecule has 0 aliphatic heterocycles. The largest absolute Gasteiger partial charge is 0.497 e. The number of methoxy groups -OCH3 is 1. The van der Waals surface area contributed by atoms with Crippen LogP contribution in [-0.2, 0) is 0 Å². The number of hydrogen-bond donors (Lipinski definition) is 1. The Morgan fingerprint density at radius 1 is 1.10 bits per heavy atom. The fraction of sp³-hybridized carbons (Fsp3) is 0.235. The summed E-state index contributed by atoms with van der Waals surface area (Å²) in [6, 6.07) is 14.4. The Morgan fingerprint density at radius 2 is 1.86 bits per heavy atom. The summed E-state index contributed by atoms with van der Waals surface area (Å²) in [7, 11) is 1.59. The van der Waals surface area contributed by atoms with Crippen LogP contribution in [0, 0.1) is 0 Å². The van der Waals surface area contributed by atoms with E-state index in [2.05, 4.69) is 12.2 Å². The zero-order chi connectivity index (χ0) is 15.1. The van der Waals surface area contributed by atoms with Gasteiger partial charge < -0.3 is 14.8 Å². The van der Waals surface area contributed by atoms with Gasteiger partial charge >= 0.3 is 0 Å². The highest BCUT2D eigenvalue weighted by molar-refractivity contribution is 6.04. The Bertz CT molecular complexity index is 593. The SMILES string of the molecule is CCCOc1cccc(NC(=O)c2ccc(OC)cc2)c1. The summed E-state index contributed by atoms with van der Waals surface area (Å²) in [5, 5.41) is 2.85. The van der Waals surface area contributed by atoms with Crippen LogP contribution < -0.4 is 14.8 Å². The number of benzene rings is 2. The Labute approximate surface area is 124 Å². The summed E-state index contributed by atoms with van der Waals surface area (Å²) >= 11 is 0. The Balaban J connectivity index is 2.04. The Morgan fingerprint density at radius 3 is 2.52 bits per heavy atom. The highest BCUT2D eigenvalue weighted by Gasteiger charge is 2.06. The second-order valence-corrected chi connectivity index (χ2v) is 4.56. The molecule has 21 heavy (non-hydrogen) atoms. The molecule has 0 saturated heterocycles. The molecule has 0 saturated carbocycles. The molecule has 0 spiro atoms. The first-order valence-corrected chi connectivity index (χ1v) is 6.91. The third-order valence-electron chi connectivity index (χ3n) is 2.92. The van der Waals surface area contributed by atoms with Crippen LogP contribution in [-0.4, -0.2) is 19.6 Å². The van der Waals surface area contributed by atoms with Gasteiger partial charge in [-0.3, -0.25) is 4.79 Å². The van der Waals surface area contributed by atoms with Crippen molar-refractivity contribution < 1.29 is 14.3 Å². The first kappa shape index (κ1) is 14.9. The number of hydrogen-bond acceptors (Lipinski definition) is 3. The lowest BCUT2D eigenvalue weighted by molar-refractivity contribution is 0.102. The quantitative estimate of drug-likeness (QED) is 0.879. The first-order valence-electron chi connectivity index (χ1n) is 6.91.